The maximum atomic E-state index is 11.3. The van der Waals surface area contributed by atoms with Crippen LogP contribution in [0.1, 0.15) is 27.2 Å². The van der Waals surface area contributed by atoms with E-state index in [9.17, 15) is 4.79 Å². The van der Waals surface area contributed by atoms with Crippen molar-refractivity contribution in [2.75, 3.05) is 73.0 Å². The molecule has 0 aliphatic heterocycles. The quantitative estimate of drug-likeness (QED) is 0.394. The predicted octanol–water partition coefficient (Wildman–Crippen LogP) is 0.919. The van der Waals surface area contributed by atoms with Gasteiger partial charge in [-0.25, -0.2) is 0 Å². The van der Waals surface area contributed by atoms with Crippen molar-refractivity contribution in [1.29, 1.82) is 0 Å². The van der Waals surface area contributed by atoms with Crippen molar-refractivity contribution < 1.29 is 23.7 Å². The topological polar surface area (TPSA) is 69.3 Å². The van der Waals surface area contributed by atoms with E-state index >= 15 is 0 Å². The molecule has 0 heterocycles. The molecule has 0 fully saturated rings. The summed E-state index contributed by atoms with van der Waals surface area (Å²) in [7, 11) is 1.79. The SMILES string of the molecule is CCC(=O)N(C)CCOCCOCCOCCOCCNC(C)C. The van der Waals surface area contributed by atoms with Gasteiger partial charge in [-0.15, -0.1) is 0 Å². The third kappa shape index (κ3) is 16.1. The van der Waals surface area contributed by atoms with Crippen LogP contribution in [0, 0.1) is 0 Å². The Balaban J connectivity index is 3.11. The molecule has 0 aromatic carbocycles. The summed E-state index contributed by atoms with van der Waals surface area (Å²) in [5.74, 6) is 0.132. The summed E-state index contributed by atoms with van der Waals surface area (Å²) in [5.41, 5.74) is 0. The maximum absolute atomic E-state index is 11.3. The Hall–Kier alpha value is -0.730. The van der Waals surface area contributed by atoms with Gasteiger partial charge >= 0.3 is 0 Å². The predicted molar refractivity (Wildman–Crippen MR) is 94.3 cm³/mol. The molecule has 0 aliphatic carbocycles. The molecule has 0 saturated heterocycles. The number of hydrogen-bond acceptors (Lipinski definition) is 6. The summed E-state index contributed by atoms with van der Waals surface area (Å²) in [5, 5.41) is 3.28. The smallest absolute Gasteiger partial charge is 0.222 e. The average Bonchev–Trinajstić information content (AvgIpc) is 2.57. The Morgan fingerprint density at radius 1 is 0.875 bits per heavy atom. The number of carbonyl (C=O) groups is 1. The van der Waals surface area contributed by atoms with Crippen LogP contribution in [0.3, 0.4) is 0 Å². The summed E-state index contributed by atoms with van der Waals surface area (Å²) in [6, 6.07) is 0.491. The minimum absolute atomic E-state index is 0.132. The Labute approximate surface area is 147 Å². The third-order valence-electron chi connectivity index (χ3n) is 3.21. The average molecular weight is 348 g/mol. The van der Waals surface area contributed by atoms with E-state index in [4.69, 9.17) is 18.9 Å². The second-order valence-electron chi connectivity index (χ2n) is 5.73. The fourth-order valence-electron chi connectivity index (χ4n) is 1.78. The lowest BCUT2D eigenvalue weighted by molar-refractivity contribution is -0.130. The Bertz CT molecular complexity index is 290. The van der Waals surface area contributed by atoms with Crippen molar-refractivity contribution in [1.82, 2.24) is 10.2 Å². The van der Waals surface area contributed by atoms with E-state index < -0.39 is 0 Å². The molecule has 0 aromatic rings. The van der Waals surface area contributed by atoms with Crippen LogP contribution in [-0.2, 0) is 23.7 Å². The molecule has 0 saturated carbocycles. The molecule has 0 bridgehead atoms. The minimum atomic E-state index is 0.132. The summed E-state index contributed by atoms with van der Waals surface area (Å²) in [6.07, 6.45) is 0.527. The number of nitrogens with one attached hydrogen (secondary N) is 1. The van der Waals surface area contributed by atoms with Crippen molar-refractivity contribution in [3.8, 4) is 0 Å². The molecule has 144 valence electrons. The fraction of sp³-hybridized carbons (Fsp3) is 0.941. The molecule has 1 amide bonds. The molecule has 0 radical (unpaired) electrons. The molecule has 0 aromatic heterocycles. The van der Waals surface area contributed by atoms with Gasteiger partial charge in [-0.3, -0.25) is 4.79 Å². The zero-order valence-electron chi connectivity index (χ0n) is 15.8. The molecule has 1 N–H and O–H groups in total. The zero-order valence-corrected chi connectivity index (χ0v) is 15.8. The van der Waals surface area contributed by atoms with Crippen molar-refractivity contribution in [3.63, 3.8) is 0 Å². The molecule has 7 heteroatoms. The summed E-state index contributed by atoms with van der Waals surface area (Å²) >= 11 is 0. The lowest BCUT2D eigenvalue weighted by atomic mass is 10.4. The van der Waals surface area contributed by atoms with Crippen LogP contribution in [-0.4, -0.2) is 89.8 Å². The number of hydrogen-bond donors (Lipinski definition) is 1. The first kappa shape index (κ1) is 23.3. The van der Waals surface area contributed by atoms with Gasteiger partial charge in [-0.1, -0.05) is 20.8 Å². The van der Waals surface area contributed by atoms with E-state index in [1.54, 1.807) is 11.9 Å². The minimum Gasteiger partial charge on any atom is -0.378 e. The zero-order chi connectivity index (χ0) is 18.0. The Morgan fingerprint density at radius 3 is 1.79 bits per heavy atom. The number of carbonyl (C=O) groups excluding carboxylic acids is 1. The first-order valence-corrected chi connectivity index (χ1v) is 8.86. The standard InChI is InChI=1S/C17H36N2O5/c1-5-17(20)19(4)7-9-22-11-13-24-15-14-23-12-10-21-8-6-18-16(2)3/h16,18H,5-15H2,1-4H3. The normalized spacial score (nSPS) is 11.2. The monoisotopic (exact) mass is 348 g/mol. The molecule has 0 rings (SSSR count). The van der Waals surface area contributed by atoms with Crippen LogP contribution < -0.4 is 5.32 Å². The van der Waals surface area contributed by atoms with Crippen molar-refractivity contribution >= 4 is 5.91 Å². The highest BCUT2D eigenvalue weighted by atomic mass is 16.6. The second-order valence-corrected chi connectivity index (χ2v) is 5.73. The Morgan fingerprint density at radius 2 is 1.33 bits per heavy atom. The number of rotatable bonds is 17. The van der Waals surface area contributed by atoms with Crippen LogP contribution in [0.15, 0.2) is 0 Å². The second kappa shape index (κ2) is 17.1. The van der Waals surface area contributed by atoms with E-state index in [0.29, 0.717) is 71.9 Å². The van der Waals surface area contributed by atoms with Crippen LogP contribution in [0.5, 0.6) is 0 Å². The van der Waals surface area contributed by atoms with Crippen molar-refractivity contribution in [3.05, 3.63) is 0 Å². The lowest BCUT2D eigenvalue weighted by Crippen LogP contribution is -2.29. The number of nitrogens with zero attached hydrogens (tertiary/aromatic N) is 1. The first-order valence-electron chi connectivity index (χ1n) is 8.86. The van der Waals surface area contributed by atoms with Gasteiger partial charge in [0.25, 0.3) is 0 Å². The number of amides is 1. The highest BCUT2D eigenvalue weighted by Crippen LogP contribution is 1.90. The molecule has 0 spiro atoms. The van der Waals surface area contributed by atoms with Gasteiger partial charge in [0.15, 0.2) is 0 Å². The van der Waals surface area contributed by atoms with Crippen molar-refractivity contribution in [2.24, 2.45) is 0 Å². The van der Waals surface area contributed by atoms with E-state index in [1.165, 1.54) is 0 Å². The van der Waals surface area contributed by atoms with Crippen LogP contribution in [0.25, 0.3) is 0 Å². The first-order chi connectivity index (χ1) is 11.6. The molecule has 0 aliphatic rings. The molecule has 7 nitrogen and oxygen atoms in total. The number of ether oxygens (including phenoxy) is 4. The molecule has 0 unspecified atom stereocenters. The third-order valence-corrected chi connectivity index (χ3v) is 3.21. The van der Waals surface area contributed by atoms with Gasteiger partial charge < -0.3 is 29.2 Å². The van der Waals surface area contributed by atoms with Gasteiger partial charge in [0.05, 0.1) is 52.9 Å². The summed E-state index contributed by atoms with van der Waals surface area (Å²) in [4.78, 5) is 13.0. The summed E-state index contributed by atoms with van der Waals surface area (Å²) < 4.78 is 21.6. The van der Waals surface area contributed by atoms with E-state index in [-0.39, 0.29) is 5.91 Å². The van der Waals surface area contributed by atoms with Gasteiger partial charge in [0.1, 0.15) is 0 Å². The highest BCUT2D eigenvalue weighted by molar-refractivity contribution is 5.75. The molecular formula is C17H36N2O5. The molecule has 0 atom stereocenters. The van der Waals surface area contributed by atoms with E-state index in [1.807, 2.05) is 6.92 Å². The van der Waals surface area contributed by atoms with Crippen LogP contribution in [0.4, 0.5) is 0 Å². The van der Waals surface area contributed by atoms with E-state index in [0.717, 1.165) is 6.54 Å². The Kier molecular flexibility index (Phi) is 16.6. The van der Waals surface area contributed by atoms with Crippen LogP contribution >= 0.6 is 0 Å². The number of likely N-dealkylation sites (N-methyl/N-ethyl adjacent to an activating group) is 1. The van der Waals surface area contributed by atoms with Crippen molar-refractivity contribution in [2.45, 2.75) is 33.2 Å². The van der Waals surface area contributed by atoms with Crippen LogP contribution in [0.2, 0.25) is 0 Å². The largest absolute Gasteiger partial charge is 0.378 e. The lowest BCUT2D eigenvalue weighted by Gasteiger charge is -2.16. The van der Waals surface area contributed by atoms with E-state index in [2.05, 4.69) is 19.2 Å². The molecule has 24 heavy (non-hydrogen) atoms. The fourth-order valence-corrected chi connectivity index (χ4v) is 1.78. The van der Waals surface area contributed by atoms with Gasteiger partial charge in [0, 0.05) is 32.6 Å². The van der Waals surface area contributed by atoms with Gasteiger partial charge in [-0.2, -0.15) is 0 Å². The maximum Gasteiger partial charge on any atom is 0.222 e. The van der Waals surface area contributed by atoms with Gasteiger partial charge in [-0.05, 0) is 0 Å². The molecular weight excluding hydrogens is 312 g/mol. The highest BCUT2D eigenvalue weighted by Gasteiger charge is 2.04. The summed E-state index contributed by atoms with van der Waals surface area (Å²) in [6.45, 7) is 12.1. The van der Waals surface area contributed by atoms with Gasteiger partial charge in [0.2, 0.25) is 5.91 Å².